The minimum atomic E-state index is -1.21. The molecule has 0 aromatic heterocycles. The van der Waals surface area contributed by atoms with Crippen molar-refractivity contribution in [3.05, 3.63) is 62.7 Å². The first kappa shape index (κ1) is 26.7. The van der Waals surface area contributed by atoms with Gasteiger partial charge in [-0.2, -0.15) is 0 Å². The molecule has 2 N–H and O–H groups in total. The van der Waals surface area contributed by atoms with Crippen LogP contribution in [0.4, 0.5) is 10.5 Å². The molecule has 1 fully saturated rings. The lowest BCUT2D eigenvalue weighted by atomic mass is 9.81. The highest BCUT2D eigenvalue weighted by molar-refractivity contribution is 5.93. The number of amides is 1. The van der Waals surface area contributed by atoms with Crippen LogP contribution in [0.2, 0.25) is 0 Å². The van der Waals surface area contributed by atoms with Gasteiger partial charge in [-0.1, -0.05) is 31.4 Å². The van der Waals surface area contributed by atoms with Gasteiger partial charge in [-0.05, 0) is 39.2 Å². The highest BCUT2D eigenvalue weighted by Gasteiger charge is 2.44. The van der Waals surface area contributed by atoms with Gasteiger partial charge in [-0.15, -0.1) is 0 Å². The average Bonchev–Trinajstić information content (AvgIpc) is 2.85. The smallest absolute Gasteiger partial charge is 0.413 e. The minimum Gasteiger partial charge on any atom is -0.466 e. The Morgan fingerprint density at radius 2 is 1.86 bits per heavy atom. The lowest BCUT2D eigenvalue weighted by Crippen LogP contribution is -2.56. The molecule has 0 bridgehead atoms. The molecule has 0 radical (unpaired) electrons. The molecule has 0 spiro atoms. The third kappa shape index (κ3) is 5.50. The standard InChI is InChI=1S/C25H31N3O8/c1-5-35-23(30)25(12-7-6-8-13-25)27-24(31)36-21-16(3)26-15(2)19(22(29)34-4)20(21)17-10-9-11-18(14-17)28(32)33/h9-11,14,20,26H,5-8,12-13H2,1-4H3,(H,27,31). The van der Waals surface area contributed by atoms with Crippen molar-refractivity contribution in [2.45, 2.75) is 64.3 Å². The summed E-state index contributed by atoms with van der Waals surface area (Å²) < 4.78 is 15.9. The summed E-state index contributed by atoms with van der Waals surface area (Å²) in [6.07, 6.45) is 2.36. The van der Waals surface area contributed by atoms with Gasteiger partial charge in [0.1, 0.15) is 11.3 Å². The summed E-state index contributed by atoms with van der Waals surface area (Å²) in [7, 11) is 1.22. The Bertz CT molecular complexity index is 1120. The molecule has 1 aromatic rings. The van der Waals surface area contributed by atoms with Crippen LogP contribution in [0.15, 0.2) is 47.0 Å². The van der Waals surface area contributed by atoms with Gasteiger partial charge in [0.15, 0.2) is 0 Å². The summed E-state index contributed by atoms with van der Waals surface area (Å²) in [5, 5.41) is 17.1. The molecule has 1 heterocycles. The van der Waals surface area contributed by atoms with Gasteiger partial charge in [-0.3, -0.25) is 10.1 Å². The number of rotatable bonds is 7. The number of non-ortho nitro benzene ring substituents is 1. The van der Waals surface area contributed by atoms with E-state index in [1.807, 2.05) is 0 Å². The average molecular weight is 502 g/mol. The molecule has 1 saturated carbocycles. The van der Waals surface area contributed by atoms with Crippen LogP contribution in [0.3, 0.4) is 0 Å². The van der Waals surface area contributed by atoms with E-state index in [-0.39, 0.29) is 23.6 Å². The number of carbonyl (C=O) groups excluding carboxylic acids is 3. The molecule has 0 saturated heterocycles. The lowest BCUT2D eigenvalue weighted by molar-refractivity contribution is -0.384. The molecule has 194 valence electrons. The Morgan fingerprint density at radius 1 is 1.17 bits per heavy atom. The van der Waals surface area contributed by atoms with Crippen LogP contribution in [0.5, 0.6) is 0 Å². The van der Waals surface area contributed by atoms with E-state index in [1.54, 1.807) is 26.8 Å². The predicted octanol–water partition coefficient (Wildman–Crippen LogP) is 3.95. The minimum absolute atomic E-state index is 0.0637. The first-order chi connectivity index (χ1) is 17.1. The van der Waals surface area contributed by atoms with E-state index in [0.29, 0.717) is 29.8 Å². The Labute approximate surface area is 209 Å². The number of benzene rings is 1. The number of nitro groups is 1. The van der Waals surface area contributed by atoms with Crippen molar-refractivity contribution < 1.29 is 33.5 Å². The third-order valence-electron chi connectivity index (χ3n) is 6.44. The molecule has 11 nitrogen and oxygen atoms in total. The molecule has 1 amide bonds. The normalized spacial score (nSPS) is 19.2. The molecule has 36 heavy (non-hydrogen) atoms. The van der Waals surface area contributed by atoms with Gasteiger partial charge in [-0.25, -0.2) is 14.4 Å². The summed E-state index contributed by atoms with van der Waals surface area (Å²) in [5.74, 6) is -2.10. The zero-order valence-electron chi connectivity index (χ0n) is 20.8. The number of hydrogen-bond acceptors (Lipinski definition) is 9. The van der Waals surface area contributed by atoms with Crippen molar-refractivity contribution in [1.82, 2.24) is 10.6 Å². The number of carbonyl (C=O) groups is 3. The van der Waals surface area contributed by atoms with E-state index >= 15 is 0 Å². The number of nitrogens with zero attached hydrogens (tertiary/aromatic N) is 1. The van der Waals surface area contributed by atoms with E-state index in [1.165, 1.54) is 25.3 Å². The van der Waals surface area contributed by atoms with Crippen LogP contribution < -0.4 is 10.6 Å². The van der Waals surface area contributed by atoms with Crippen LogP contribution >= 0.6 is 0 Å². The molecule has 1 atom stereocenters. The van der Waals surface area contributed by atoms with Gasteiger partial charge in [0.05, 0.1) is 35.8 Å². The fourth-order valence-corrected chi connectivity index (χ4v) is 4.75. The first-order valence-corrected chi connectivity index (χ1v) is 11.8. The molecular formula is C25H31N3O8. The maximum Gasteiger partial charge on any atom is 0.413 e. The maximum atomic E-state index is 13.2. The van der Waals surface area contributed by atoms with E-state index in [9.17, 15) is 24.5 Å². The van der Waals surface area contributed by atoms with Crippen LogP contribution in [0, 0.1) is 10.1 Å². The monoisotopic (exact) mass is 501 g/mol. The number of dihydropyridines is 1. The third-order valence-corrected chi connectivity index (χ3v) is 6.44. The van der Waals surface area contributed by atoms with E-state index in [4.69, 9.17) is 14.2 Å². The van der Waals surface area contributed by atoms with Crippen LogP contribution in [0.25, 0.3) is 0 Å². The lowest BCUT2D eigenvalue weighted by Gasteiger charge is -2.36. The number of esters is 2. The molecule has 1 aliphatic heterocycles. The van der Waals surface area contributed by atoms with Crippen LogP contribution in [-0.4, -0.2) is 42.2 Å². The SMILES string of the molecule is CCOC(=O)C1(NC(=O)OC2=C(C)NC(C)=C(C(=O)OC)C2c2cccc([N+](=O)[O-])c2)CCCCC1. The number of alkyl carbamates (subject to hydrolysis) is 1. The summed E-state index contributed by atoms with van der Waals surface area (Å²) in [5.41, 5.74) is 0.00625. The summed E-state index contributed by atoms with van der Waals surface area (Å²) in [6.45, 7) is 5.19. The van der Waals surface area contributed by atoms with Crippen molar-refractivity contribution in [2.24, 2.45) is 0 Å². The molecule has 1 aliphatic carbocycles. The Kier molecular flexibility index (Phi) is 8.33. The Morgan fingerprint density at radius 3 is 2.47 bits per heavy atom. The van der Waals surface area contributed by atoms with Crippen molar-refractivity contribution in [3.8, 4) is 0 Å². The Balaban J connectivity index is 2.00. The second kappa shape index (κ2) is 11.2. The van der Waals surface area contributed by atoms with Crippen molar-refractivity contribution >= 4 is 23.7 Å². The molecule has 1 unspecified atom stereocenters. The number of allylic oxidation sites excluding steroid dienone is 3. The van der Waals surface area contributed by atoms with Gasteiger partial charge in [0.2, 0.25) is 0 Å². The predicted molar refractivity (Wildman–Crippen MR) is 128 cm³/mol. The largest absolute Gasteiger partial charge is 0.466 e. The van der Waals surface area contributed by atoms with Gasteiger partial charge >= 0.3 is 18.0 Å². The highest BCUT2D eigenvalue weighted by atomic mass is 16.6. The van der Waals surface area contributed by atoms with Crippen molar-refractivity contribution in [2.75, 3.05) is 13.7 Å². The molecule has 3 rings (SSSR count). The molecule has 1 aromatic carbocycles. The number of nitro benzene ring substituents is 1. The number of methoxy groups -OCH3 is 1. The fourth-order valence-electron chi connectivity index (χ4n) is 4.75. The second-order valence-corrected chi connectivity index (χ2v) is 8.81. The van der Waals surface area contributed by atoms with Gasteiger partial charge < -0.3 is 24.8 Å². The van der Waals surface area contributed by atoms with Crippen LogP contribution in [0.1, 0.15) is 64.4 Å². The van der Waals surface area contributed by atoms with Crippen molar-refractivity contribution in [1.29, 1.82) is 0 Å². The zero-order chi connectivity index (χ0) is 26.5. The van der Waals surface area contributed by atoms with Crippen molar-refractivity contribution in [3.63, 3.8) is 0 Å². The van der Waals surface area contributed by atoms with Gasteiger partial charge in [0.25, 0.3) is 5.69 Å². The summed E-state index contributed by atoms with van der Waals surface area (Å²) >= 11 is 0. The zero-order valence-corrected chi connectivity index (χ0v) is 20.8. The van der Waals surface area contributed by atoms with Gasteiger partial charge in [0, 0.05) is 17.8 Å². The first-order valence-electron chi connectivity index (χ1n) is 11.8. The van der Waals surface area contributed by atoms with E-state index in [2.05, 4.69) is 10.6 Å². The summed E-state index contributed by atoms with van der Waals surface area (Å²) in [4.78, 5) is 49.6. The quantitative estimate of drug-likeness (QED) is 0.245. The fraction of sp³-hybridized carbons (Fsp3) is 0.480. The Hall–Kier alpha value is -3.89. The topological polar surface area (TPSA) is 146 Å². The second-order valence-electron chi connectivity index (χ2n) is 8.81. The molecule has 2 aliphatic rings. The maximum absolute atomic E-state index is 13.2. The number of ether oxygens (including phenoxy) is 3. The van der Waals surface area contributed by atoms with E-state index < -0.39 is 34.4 Å². The summed E-state index contributed by atoms with van der Waals surface area (Å²) in [6, 6.07) is 5.75. The van der Waals surface area contributed by atoms with E-state index in [0.717, 1.165) is 19.3 Å². The molecule has 11 heteroatoms. The highest BCUT2D eigenvalue weighted by Crippen LogP contribution is 2.40. The number of nitrogens with one attached hydrogen (secondary N) is 2. The number of hydrogen-bond donors (Lipinski definition) is 2. The van der Waals surface area contributed by atoms with Crippen LogP contribution in [-0.2, 0) is 23.8 Å². The molecular weight excluding hydrogens is 470 g/mol.